The lowest BCUT2D eigenvalue weighted by molar-refractivity contribution is -0.150. The lowest BCUT2D eigenvalue weighted by Crippen LogP contribution is -2.42. The largest absolute Gasteiger partial charge is 0.490 e. The average molecular weight is 377 g/mol. The highest BCUT2D eigenvalue weighted by molar-refractivity contribution is 8.18. The number of thioether (sulfide) groups is 1. The topological polar surface area (TPSA) is 72.9 Å². The number of para-hydroxylation sites is 1. The molecule has 26 heavy (non-hydrogen) atoms. The Labute approximate surface area is 157 Å². The second-order valence-corrected chi connectivity index (χ2v) is 6.85. The normalized spacial score (nSPS) is 18.2. The van der Waals surface area contributed by atoms with E-state index in [-0.39, 0.29) is 17.6 Å². The molecule has 1 aliphatic rings. The fourth-order valence-electron chi connectivity index (χ4n) is 2.33. The van der Waals surface area contributed by atoms with Gasteiger partial charge in [-0.1, -0.05) is 25.1 Å². The molecule has 0 saturated carbocycles. The van der Waals surface area contributed by atoms with Crippen molar-refractivity contribution in [1.82, 2.24) is 4.90 Å². The number of carbonyl (C=O) groups is 3. The van der Waals surface area contributed by atoms with Crippen molar-refractivity contribution in [2.75, 3.05) is 6.61 Å². The molecule has 6 nitrogen and oxygen atoms in total. The van der Waals surface area contributed by atoms with Gasteiger partial charge in [-0.05, 0) is 51.1 Å². The molecule has 0 aliphatic carbocycles. The number of carbonyl (C=O) groups excluding carboxylic acids is 3. The van der Waals surface area contributed by atoms with E-state index in [0.717, 1.165) is 23.1 Å². The molecule has 1 aromatic carbocycles. The Balaban J connectivity index is 2.27. The maximum atomic E-state index is 12.6. The molecule has 0 spiro atoms. The van der Waals surface area contributed by atoms with Gasteiger partial charge in [-0.25, -0.2) is 4.79 Å². The zero-order chi connectivity index (χ0) is 19.3. The van der Waals surface area contributed by atoms with Crippen LogP contribution in [0.4, 0.5) is 4.79 Å². The number of hydrogen-bond donors (Lipinski definition) is 0. The molecule has 0 aromatic heterocycles. The van der Waals surface area contributed by atoms with Gasteiger partial charge in [-0.2, -0.15) is 0 Å². The van der Waals surface area contributed by atoms with Crippen molar-refractivity contribution in [3.8, 4) is 5.75 Å². The summed E-state index contributed by atoms with van der Waals surface area (Å²) in [6.07, 6.45) is 2.51. The van der Waals surface area contributed by atoms with E-state index in [1.807, 2.05) is 38.1 Å². The molecular formula is C19H23NO5S. The molecule has 0 radical (unpaired) electrons. The molecular weight excluding hydrogens is 354 g/mol. The zero-order valence-electron chi connectivity index (χ0n) is 15.4. The third-order valence-corrected chi connectivity index (χ3v) is 4.83. The Bertz CT molecular complexity index is 730. The van der Waals surface area contributed by atoms with Gasteiger partial charge in [0.25, 0.3) is 11.1 Å². The van der Waals surface area contributed by atoms with E-state index in [1.165, 1.54) is 6.92 Å². The lowest BCUT2D eigenvalue weighted by atomic mass is 10.1. The minimum atomic E-state index is -0.958. The molecule has 1 heterocycles. The van der Waals surface area contributed by atoms with Crippen LogP contribution in [0.2, 0.25) is 0 Å². The van der Waals surface area contributed by atoms with Crippen LogP contribution in [0.1, 0.15) is 39.7 Å². The van der Waals surface area contributed by atoms with Gasteiger partial charge in [0.1, 0.15) is 11.8 Å². The van der Waals surface area contributed by atoms with E-state index >= 15 is 0 Å². The first-order valence-electron chi connectivity index (χ1n) is 8.58. The van der Waals surface area contributed by atoms with Crippen LogP contribution in [0.5, 0.6) is 5.75 Å². The van der Waals surface area contributed by atoms with Gasteiger partial charge < -0.3 is 9.47 Å². The number of hydrogen-bond acceptors (Lipinski definition) is 6. The van der Waals surface area contributed by atoms with Crippen LogP contribution >= 0.6 is 11.8 Å². The highest BCUT2D eigenvalue weighted by atomic mass is 32.2. The van der Waals surface area contributed by atoms with Crippen LogP contribution in [0.25, 0.3) is 6.08 Å². The quantitative estimate of drug-likeness (QED) is 0.531. The van der Waals surface area contributed by atoms with Crippen molar-refractivity contribution >= 4 is 35.0 Å². The van der Waals surface area contributed by atoms with E-state index in [9.17, 15) is 14.4 Å². The summed E-state index contributed by atoms with van der Waals surface area (Å²) in [5, 5.41) is -0.484. The molecule has 140 valence electrons. The summed E-state index contributed by atoms with van der Waals surface area (Å²) in [6, 6.07) is 6.37. The van der Waals surface area contributed by atoms with Crippen LogP contribution in [0.15, 0.2) is 29.2 Å². The first-order valence-corrected chi connectivity index (χ1v) is 9.40. The van der Waals surface area contributed by atoms with E-state index < -0.39 is 23.2 Å². The number of nitrogens with zero attached hydrogens (tertiary/aromatic N) is 1. The smallest absolute Gasteiger partial charge is 0.329 e. The van der Waals surface area contributed by atoms with Crippen molar-refractivity contribution < 1.29 is 23.9 Å². The highest BCUT2D eigenvalue weighted by Gasteiger charge is 2.41. The van der Waals surface area contributed by atoms with Gasteiger partial charge in [-0.3, -0.25) is 14.5 Å². The molecule has 2 atom stereocenters. The molecule has 1 aliphatic heterocycles. The average Bonchev–Trinajstić information content (AvgIpc) is 2.89. The predicted molar refractivity (Wildman–Crippen MR) is 101 cm³/mol. The van der Waals surface area contributed by atoms with Gasteiger partial charge in [0.05, 0.1) is 17.6 Å². The maximum Gasteiger partial charge on any atom is 0.329 e. The third kappa shape index (κ3) is 4.46. The van der Waals surface area contributed by atoms with Crippen molar-refractivity contribution in [2.24, 2.45) is 0 Å². The predicted octanol–water partition coefficient (Wildman–Crippen LogP) is 3.85. The molecule has 0 unspecified atom stereocenters. The van der Waals surface area contributed by atoms with Crippen LogP contribution in [0.3, 0.4) is 0 Å². The molecule has 0 N–H and O–H groups in total. The van der Waals surface area contributed by atoms with Crippen LogP contribution < -0.4 is 4.74 Å². The number of ether oxygens (including phenoxy) is 2. The van der Waals surface area contributed by atoms with Crippen molar-refractivity contribution in [2.45, 2.75) is 46.3 Å². The first kappa shape index (κ1) is 20.0. The summed E-state index contributed by atoms with van der Waals surface area (Å²) >= 11 is 0.809. The Morgan fingerprint density at radius 1 is 1.23 bits per heavy atom. The molecule has 0 bridgehead atoms. The highest BCUT2D eigenvalue weighted by Crippen LogP contribution is 2.35. The number of amides is 2. The Kier molecular flexibility index (Phi) is 6.85. The number of rotatable bonds is 7. The van der Waals surface area contributed by atoms with E-state index in [0.29, 0.717) is 11.3 Å². The SMILES string of the molecule is CCOC(=O)[C@@H](C)N1C(=O)S/C(=C/c2ccccc2O[C@H](C)CC)C1=O. The Hall–Kier alpha value is -2.28. The monoisotopic (exact) mass is 377 g/mol. The number of imide groups is 1. The zero-order valence-corrected chi connectivity index (χ0v) is 16.2. The van der Waals surface area contributed by atoms with E-state index in [2.05, 4.69) is 0 Å². The fourth-order valence-corrected chi connectivity index (χ4v) is 3.23. The van der Waals surface area contributed by atoms with Crippen molar-refractivity contribution in [1.29, 1.82) is 0 Å². The third-order valence-electron chi connectivity index (χ3n) is 3.95. The summed E-state index contributed by atoms with van der Waals surface area (Å²) in [5.41, 5.74) is 0.710. The van der Waals surface area contributed by atoms with Gasteiger partial charge in [0.15, 0.2) is 0 Å². The van der Waals surface area contributed by atoms with Crippen LogP contribution in [0, 0.1) is 0 Å². The first-order chi connectivity index (χ1) is 12.4. The van der Waals surface area contributed by atoms with Crippen LogP contribution in [-0.4, -0.2) is 40.8 Å². The minimum absolute atomic E-state index is 0.0310. The van der Waals surface area contributed by atoms with Gasteiger partial charge in [0.2, 0.25) is 0 Å². The Morgan fingerprint density at radius 2 is 1.92 bits per heavy atom. The molecule has 7 heteroatoms. The van der Waals surface area contributed by atoms with Gasteiger partial charge in [-0.15, -0.1) is 0 Å². The standard InChI is InChI=1S/C19H23NO5S/c1-5-12(3)25-15-10-8-7-9-14(15)11-16-17(21)20(19(23)26-16)13(4)18(22)24-6-2/h7-13H,5-6H2,1-4H3/b16-11+/t12-,13-/m1/s1. The molecule has 2 rings (SSSR count). The summed E-state index contributed by atoms with van der Waals surface area (Å²) in [4.78, 5) is 37.9. The van der Waals surface area contributed by atoms with Crippen molar-refractivity contribution in [3.05, 3.63) is 34.7 Å². The van der Waals surface area contributed by atoms with Gasteiger partial charge >= 0.3 is 5.97 Å². The minimum Gasteiger partial charge on any atom is -0.490 e. The van der Waals surface area contributed by atoms with E-state index in [1.54, 1.807) is 13.0 Å². The maximum absolute atomic E-state index is 12.6. The number of esters is 1. The number of benzene rings is 1. The van der Waals surface area contributed by atoms with Crippen LogP contribution in [-0.2, 0) is 14.3 Å². The lowest BCUT2D eigenvalue weighted by Gasteiger charge is -2.19. The fraction of sp³-hybridized carbons (Fsp3) is 0.421. The molecule has 1 fully saturated rings. The summed E-state index contributed by atoms with van der Waals surface area (Å²) in [5.74, 6) is -0.456. The second kappa shape index (κ2) is 8.89. The summed E-state index contributed by atoms with van der Waals surface area (Å²) < 4.78 is 10.8. The second-order valence-electron chi connectivity index (χ2n) is 5.85. The molecule has 2 amide bonds. The Morgan fingerprint density at radius 3 is 2.58 bits per heavy atom. The summed E-state index contributed by atoms with van der Waals surface area (Å²) in [7, 11) is 0. The molecule has 1 aromatic rings. The van der Waals surface area contributed by atoms with Crippen molar-refractivity contribution in [3.63, 3.8) is 0 Å². The van der Waals surface area contributed by atoms with E-state index in [4.69, 9.17) is 9.47 Å². The van der Waals surface area contributed by atoms with Gasteiger partial charge in [0, 0.05) is 5.56 Å². The molecule has 1 saturated heterocycles. The summed E-state index contributed by atoms with van der Waals surface area (Å²) in [6.45, 7) is 7.33.